The fourth-order valence-electron chi connectivity index (χ4n) is 4.22. The van der Waals surface area contributed by atoms with Crippen molar-refractivity contribution in [3.05, 3.63) is 42.0 Å². The van der Waals surface area contributed by atoms with Crippen molar-refractivity contribution in [3.63, 3.8) is 0 Å². The smallest absolute Gasteiger partial charge is 0.343 e. The van der Waals surface area contributed by atoms with Gasteiger partial charge in [0.05, 0.1) is 11.8 Å². The molecule has 10 heteroatoms. The van der Waals surface area contributed by atoms with Crippen LogP contribution in [0, 0.1) is 17.8 Å². The second kappa shape index (κ2) is 13.7. The highest BCUT2D eigenvalue weighted by molar-refractivity contribution is 5.99. The fraction of sp³-hybridized carbons (Fsp3) is 0.538. The number of nitrogens with one attached hydrogen (secondary N) is 3. The van der Waals surface area contributed by atoms with Crippen molar-refractivity contribution in [2.75, 3.05) is 13.2 Å². The second-order valence-corrected chi connectivity index (χ2v) is 9.46. The van der Waals surface area contributed by atoms with E-state index in [1.54, 1.807) is 0 Å². The number of nitrogens with zero attached hydrogens (tertiary/aromatic N) is 1. The molecule has 2 heterocycles. The number of urea groups is 1. The average Bonchev–Trinajstić information content (AvgIpc) is 2.87. The molecule has 3 N–H and O–H groups in total. The summed E-state index contributed by atoms with van der Waals surface area (Å²) in [6, 6.07) is 8.93. The van der Waals surface area contributed by atoms with Crippen molar-refractivity contribution >= 4 is 29.8 Å². The molecule has 36 heavy (non-hydrogen) atoms. The number of benzene rings is 1. The molecule has 196 valence electrons. The van der Waals surface area contributed by atoms with Gasteiger partial charge in [-0.2, -0.15) is 5.01 Å². The van der Waals surface area contributed by atoms with Gasteiger partial charge in [0, 0.05) is 26.0 Å². The van der Waals surface area contributed by atoms with Gasteiger partial charge in [0.1, 0.15) is 0 Å². The van der Waals surface area contributed by atoms with E-state index in [9.17, 15) is 19.2 Å². The van der Waals surface area contributed by atoms with Gasteiger partial charge in [-0.25, -0.2) is 15.1 Å². The number of amides is 5. The lowest BCUT2D eigenvalue weighted by Gasteiger charge is -2.31. The number of rotatable bonds is 11. The number of hydrazine groups is 1. The topological polar surface area (TPSA) is 126 Å². The Bertz CT molecular complexity index is 914. The molecule has 0 radical (unpaired) electrons. The van der Waals surface area contributed by atoms with E-state index >= 15 is 0 Å². The van der Waals surface area contributed by atoms with E-state index in [-0.39, 0.29) is 25.3 Å². The summed E-state index contributed by atoms with van der Waals surface area (Å²) in [6.45, 7) is 4.67. The van der Waals surface area contributed by atoms with Crippen LogP contribution in [0.4, 0.5) is 4.79 Å². The molecule has 2 aliphatic heterocycles. The first-order valence-corrected chi connectivity index (χ1v) is 12.5. The van der Waals surface area contributed by atoms with Gasteiger partial charge in [0.25, 0.3) is 5.91 Å². The summed E-state index contributed by atoms with van der Waals surface area (Å²) in [5.74, 6) is -3.09. The maximum absolute atomic E-state index is 13.4. The summed E-state index contributed by atoms with van der Waals surface area (Å²) < 4.78 is 5.52. The molecule has 3 atom stereocenters. The van der Waals surface area contributed by atoms with Crippen LogP contribution in [-0.4, -0.2) is 48.2 Å². The van der Waals surface area contributed by atoms with Crippen LogP contribution in [0.2, 0.25) is 0 Å². The Morgan fingerprint density at radius 3 is 2.61 bits per heavy atom. The molecule has 2 saturated heterocycles. The SMILES string of the molecule is CC(C)C[C@@H](C(=O)NN1C(=O)CCNC1=O)[C@H](C/C=C/c1ccccc1)C(=O)NOC1CCCCO1. The van der Waals surface area contributed by atoms with E-state index in [1.807, 2.05) is 56.3 Å². The molecule has 1 unspecified atom stereocenters. The summed E-state index contributed by atoms with van der Waals surface area (Å²) in [7, 11) is 0. The van der Waals surface area contributed by atoms with Gasteiger partial charge in [-0.3, -0.25) is 19.8 Å². The Kier molecular flexibility index (Phi) is 10.4. The summed E-state index contributed by atoms with van der Waals surface area (Å²) in [6.07, 6.45) is 6.45. The van der Waals surface area contributed by atoms with Gasteiger partial charge in [-0.05, 0) is 37.2 Å². The van der Waals surface area contributed by atoms with E-state index in [0.29, 0.717) is 24.5 Å². The standard InChI is InChI=1S/C26H36N4O6/c1-18(2)17-21(24(32)28-30-22(31)14-15-27-26(30)34)20(12-8-11-19-9-4-3-5-10-19)25(33)29-36-23-13-6-7-16-35-23/h3-5,8-11,18,20-21,23H,6-7,12-17H2,1-2H3,(H,27,34)(H,28,32)(H,29,33)/b11-8+/t20-,21+,23?/m0/s1. The number of ether oxygens (including phenoxy) is 1. The molecule has 0 aliphatic carbocycles. The van der Waals surface area contributed by atoms with Crippen LogP contribution < -0.4 is 16.2 Å². The van der Waals surface area contributed by atoms with Crippen LogP contribution in [0.15, 0.2) is 36.4 Å². The third-order valence-electron chi connectivity index (χ3n) is 6.10. The highest BCUT2D eigenvalue weighted by Crippen LogP contribution is 2.26. The van der Waals surface area contributed by atoms with Crippen LogP contribution in [0.25, 0.3) is 6.08 Å². The van der Waals surface area contributed by atoms with Gasteiger partial charge < -0.3 is 10.1 Å². The lowest BCUT2D eigenvalue weighted by Crippen LogP contribution is -2.59. The first-order valence-electron chi connectivity index (χ1n) is 12.5. The minimum Gasteiger partial charge on any atom is -0.350 e. The van der Waals surface area contributed by atoms with Gasteiger partial charge in [-0.1, -0.05) is 56.3 Å². The van der Waals surface area contributed by atoms with Crippen molar-refractivity contribution in [3.8, 4) is 0 Å². The molecular weight excluding hydrogens is 464 g/mol. The summed E-state index contributed by atoms with van der Waals surface area (Å²) in [4.78, 5) is 56.6. The van der Waals surface area contributed by atoms with Crippen molar-refractivity contribution in [2.24, 2.45) is 17.8 Å². The molecule has 0 saturated carbocycles. The molecule has 0 aromatic heterocycles. The highest BCUT2D eigenvalue weighted by Gasteiger charge is 2.37. The number of hydroxylamine groups is 1. The van der Waals surface area contributed by atoms with Crippen LogP contribution >= 0.6 is 0 Å². The van der Waals surface area contributed by atoms with Crippen LogP contribution in [0.1, 0.15) is 57.9 Å². The number of carbonyl (C=O) groups excluding carboxylic acids is 4. The molecule has 2 aliphatic rings. The molecular formula is C26H36N4O6. The predicted molar refractivity (Wildman–Crippen MR) is 132 cm³/mol. The Hall–Kier alpha value is -3.24. The van der Waals surface area contributed by atoms with Crippen molar-refractivity contribution in [1.29, 1.82) is 0 Å². The van der Waals surface area contributed by atoms with E-state index in [0.717, 1.165) is 18.4 Å². The normalized spacial score (nSPS) is 20.2. The molecule has 1 aromatic carbocycles. The van der Waals surface area contributed by atoms with E-state index < -0.39 is 41.9 Å². The van der Waals surface area contributed by atoms with Gasteiger partial charge in [0.2, 0.25) is 11.8 Å². The number of allylic oxidation sites excluding steroid dienone is 1. The van der Waals surface area contributed by atoms with E-state index in [1.165, 1.54) is 0 Å². The minimum atomic E-state index is -0.816. The third-order valence-corrected chi connectivity index (χ3v) is 6.10. The summed E-state index contributed by atoms with van der Waals surface area (Å²) in [5.41, 5.74) is 5.89. The number of hydrogen-bond donors (Lipinski definition) is 3. The molecule has 2 fully saturated rings. The van der Waals surface area contributed by atoms with Crippen LogP contribution in [0.3, 0.4) is 0 Å². The van der Waals surface area contributed by atoms with Crippen molar-refractivity contribution in [1.82, 2.24) is 21.2 Å². The van der Waals surface area contributed by atoms with Crippen LogP contribution in [-0.2, 0) is 24.0 Å². The Morgan fingerprint density at radius 1 is 1.17 bits per heavy atom. The maximum Gasteiger partial charge on any atom is 0.343 e. The Labute approximate surface area is 211 Å². The first-order chi connectivity index (χ1) is 17.3. The van der Waals surface area contributed by atoms with E-state index in [4.69, 9.17) is 9.57 Å². The molecule has 10 nitrogen and oxygen atoms in total. The zero-order valence-corrected chi connectivity index (χ0v) is 20.9. The van der Waals surface area contributed by atoms with Gasteiger partial charge >= 0.3 is 6.03 Å². The number of carbonyl (C=O) groups is 4. The zero-order valence-electron chi connectivity index (χ0n) is 20.9. The quantitative estimate of drug-likeness (QED) is 0.401. The monoisotopic (exact) mass is 500 g/mol. The zero-order chi connectivity index (χ0) is 25.9. The summed E-state index contributed by atoms with van der Waals surface area (Å²) in [5, 5.41) is 3.23. The molecule has 5 amide bonds. The third kappa shape index (κ3) is 8.17. The largest absolute Gasteiger partial charge is 0.350 e. The van der Waals surface area contributed by atoms with Gasteiger partial charge in [-0.15, -0.1) is 0 Å². The lowest BCUT2D eigenvalue weighted by molar-refractivity contribution is -0.203. The Morgan fingerprint density at radius 2 is 1.94 bits per heavy atom. The fourth-order valence-corrected chi connectivity index (χ4v) is 4.22. The minimum absolute atomic E-state index is 0.0719. The van der Waals surface area contributed by atoms with Crippen molar-refractivity contribution in [2.45, 2.75) is 58.7 Å². The lowest BCUT2D eigenvalue weighted by atomic mass is 9.82. The maximum atomic E-state index is 13.4. The molecule has 0 spiro atoms. The molecule has 0 bridgehead atoms. The molecule has 3 rings (SSSR count). The highest BCUT2D eigenvalue weighted by atomic mass is 16.8. The Balaban J connectivity index is 1.78. The predicted octanol–water partition coefficient (Wildman–Crippen LogP) is 2.92. The second-order valence-electron chi connectivity index (χ2n) is 9.46. The average molecular weight is 501 g/mol. The number of hydrogen-bond acceptors (Lipinski definition) is 6. The molecule has 1 aromatic rings. The van der Waals surface area contributed by atoms with Gasteiger partial charge in [0.15, 0.2) is 6.29 Å². The first kappa shape index (κ1) is 27.3. The summed E-state index contributed by atoms with van der Waals surface area (Å²) >= 11 is 0. The van der Waals surface area contributed by atoms with E-state index in [2.05, 4.69) is 16.2 Å². The van der Waals surface area contributed by atoms with Crippen LogP contribution in [0.5, 0.6) is 0 Å². The number of imide groups is 1. The van der Waals surface area contributed by atoms with Crippen molar-refractivity contribution < 1.29 is 28.8 Å².